The Balaban J connectivity index is 1.21. The Hall–Kier alpha value is -3.18. The van der Waals surface area contributed by atoms with E-state index in [9.17, 15) is 4.39 Å². The molecule has 1 saturated heterocycles. The molecule has 0 saturated carbocycles. The van der Waals surface area contributed by atoms with Crippen LogP contribution < -0.4 is 4.74 Å². The Morgan fingerprint density at radius 3 is 2.46 bits per heavy atom. The van der Waals surface area contributed by atoms with Gasteiger partial charge in [0.25, 0.3) is 0 Å². The molecule has 2 atom stereocenters. The average molecular weight is 468 g/mol. The third kappa shape index (κ3) is 3.40. The van der Waals surface area contributed by atoms with Crippen LogP contribution in [0.3, 0.4) is 0 Å². The molecule has 0 unspecified atom stereocenters. The molecule has 3 aliphatic heterocycles. The van der Waals surface area contributed by atoms with Crippen molar-refractivity contribution >= 4 is 5.71 Å². The molecule has 3 aromatic carbocycles. The number of aryl methyl sites for hydroxylation is 1. The lowest BCUT2D eigenvalue weighted by molar-refractivity contribution is -0.153. The van der Waals surface area contributed by atoms with Gasteiger partial charge in [-0.05, 0) is 42.5 Å². The number of nitrogens with zero attached hydrogens (tertiary/aromatic N) is 3. The van der Waals surface area contributed by atoms with E-state index < -0.39 is 5.72 Å². The van der Waals surface area contributed by atoms with Crippen LogP contribution >= 0.6 is 0 Å². The molecule has 1 spiro atoms. The van der Waals surface area contributed by atoms with Crippen molar-refractivity contribution in [2.75, 3.05) is 13.1 Å². The van der Waals surface area contributed by atoms with Gasteiger partial charge >= 0.3 is 0 Å². The van der Waals surface area contributed by atoms with E-state index in [2.05, 4.69) is 52.4 Å². The maximum absolute atomic E-state index is 14.7. The Morgan fingerprint density at radius 2 is 1.60 bits per heavy atom. The number of fused-ring (bicyclic) bond motifs is 5. The lowest BCUT2D eigenvalue weighted by Gasteiger charge is -2.52. The molecule has 35 heavy (non-hydrogen) atoms. The third-order valence-electron chi connectivity index (χ3n) is 8.45. The smallest absolute Gasteiger partial charge is 0.200 e. The van der Waals surface area contributed by atoms with Crippen molar-refractivity contribution in [3.63, 3.8) is 0 Å². The molecular formula is C30H30FN3O. The third-order valence-corrected chi connectivity index (χ3v) is 8.45. The predicted octanol–water partition coefficient (Wildman–Crippen LogP) is 6.24. The minimum absolute atomic E-state index is 0.0801. The van der Waals surface area contributed by atoms with E-state index in [0.717, 1.165) is 43.0 Å². The number of halogens is 1. The van der Waals surface area contributed by atoms with Crippen molar-refractivity contribution in [3.05, 3.63) is 101 Å². The summed E-state index contributed by atoms with van der Waals surface area (Å²) in [4.78, 5) is 2.65. The summed E-state index contributed by atoms with van der Waals surface area (Å²) in [5, 5.41) is 7.24. The molecule has 0 N–H and O–H groups in total. The number of ether oxygens (including phenoxy) is 1. The molecule has 0 aromatic heterocycles. The Kier molecular flexibility index (Phi) is 4.95. The number of hydrogen-bond donors (Lipinski definition) is 0. The quantitative estimate of drug-likeness (QED) is 0.447. The standard InChI is InChI=1S/C30H30FN3O/c31-25-13-5-3-11-23(25)26-20-28-24-12-4-6-15-29(24)35-30(34(28)32-26)16-18-33(19-17-30)27-14-7-9-21-8-1-2-10-22(21)27/h1-6,8,10-13,15,27-28H,7,9,14,16-20H2/t27-,28+/m0/s1. The van der Waals surface area contributed by atoms with Crippen molar-refractivity contribution in [2.45, 2.75) is 56.3 Å². The Bertz CT molecular complexity index is 1300. The molecule has 7 rings (SSSR count). The molecular weight excluding hydrogens is 437 g/mol. The number of para-hydroxylation sites is 1. The maximum atomic E-state index is 14.7. The molecule has 0 amide bonds. The van der Waals surface area contributed by atoms with Crippen molar-refractivity contribution in [3.8, 4) is 5.75 Å². The molecule has 3 heterocycles. The van der Waals surface area contributed by atoms with E-state index in [0.29, 0.717) is 18.0 Å². The van der Waals surface area contributed by atoms with E-state index in [-0.39, 0.29) is 11.9 Å². The molecule has 1 fully saturated rings. The van der Waals surface area contributed by atoms with Crippen LogP contribution in [-0.2, 0) is 6.42 Å². The van der Waals surface area contributed by atoms with Crippen LogP contribution in [0.5, 0.6) is 5.75 Å². The highest BCUT2D eigenvalue weighted by Crippen LogP contribution is 2.51. The van der Waals surface area contributed by atoms with E-state index in [4.69, 9.17) is 9.84 Å². The number of piperidine rings is 1. The predicted molar refractivity (Wildman–Crippen MR) is 135 cm³/mol. The highest BCUT2D eigenvalue weighted by molar-refractivity contribution is 6.02. The fourth-order valence-electron chi connectivity index (χ4n) is 6.71. The number of benzene rings is 3. The first-order chi connectivity index (χ1) is 17.2. The van der Waals surface area contributed by atoms with Crippen LogP contribution in [0.25, 0.3) is 0 Å². The molecule has 0 radical (unpaired) electrons. The molecule has 5 heteroatoms. The fourth-order valence-corrected chi connectivity index (χ4v) is 6.71. The van der Waals surface area contributed by atoms with Gasteiger partial charge in [-0.2, -0.15) is 5.10 Å². The average Bonchev–Trinajstić information content (AvgIpc) is 3.36. The molecule has 4 nitrogen and oxygen atoms in total. The molecule has 3 aromatic rings. The summed E-state index contributed by atoms with van der Waals surface area (Å²) in [5.41, 5.74) is 5.09. The van der Waals surface area contributed by atoms with Gasteiger partial charge in [0.1, 0.15) is 11.6 Å². The second-order valence-electron chi connectivity index (χ2n) is 10.3. The number of hydrogen-bond acceptors (Lipinski definition) is 4. The lowest BCUT2D eigenvalue weighted by Crippen LogP contribution is -2.59. The molecule has 178 valence electrons. The lowest BCUT2D eigenvalue weighted by atomic mass is 9.84. The SMILES string of the molecule is Fc1ccccc1C1=NN2[C@H](C1)c1ccccc1OC21CCN([C@H]2CCCc3ccccc32)CC1. The number of likely N-dealkylation sites (tertiary alicyclic amines) is 1. The summed E-state index contributed by atoms with van der Waals surface area (Å²) < 4.78 is 21.5. The monoisotopic (exact) mass is 467 g/mol. The second-order valence-corrected chi connectivity index (χ2v) is 10.3. The molecule has 4 aliphatic rings. The van der Waals surface area contributed by atoms with E-state index >= 15 is 0 Å². The fraction of sp³-hybridized carbons (Fsp3) is 0.367. The second kappa shape index (κ2) is 8.20. The van der Waals surface area contributed by atoms with Crippen LogP contribution in [-0.4, -0.2) is 34.4 Å². The zero-order valence-electron chi connectivity index (χ0n) is 19.9. The topological polar surface area (TPSA) is 28.1 Å². The van der Waals surface area contributed by atoms with Gasteiger partial charge in [0.2, 0.25) is 5.72 Å². The minimum atomic E-state index is -0.489. The van der Waals surface area contributed by atoms with Gasteiger partial charge in [-0.1, -0.05) is 60.7 Å². The van der Waals surface area contributed by atoms with Crippen molar-refractivity contribution < 1.29 is 9.13 Å². The van der Waals surface area contributed by atoms with Gasteiger partial charge in [0, 0.05) is 49.5 Å². The van der Waals surface area contributed by atoms with Gasteiger partial charge in [-0.25, -0.2) is 9.40 Å². The van der Waals surface area contributed by atoms with Crippen LogP contribution in [0.15, 0.2) is 77.9 Å². The zero-order valence-corrected chi connectivity index (χ0v) is 19.9. The van der Waals surface area contributed by atoms with E-state index in [1.165, 1.54) is 36.5 Å². The summed E-state index contributed by atoms with van der Waals surface area (Å²) in [7, 11) is 0. The summed E-state index contributed by atoms with van der Waals surface area (Å²) in [6.45, 7) is 1.93. The maximum Gasteiger partial charge on any atom is 0.200 e. The first kappa shape index (κ1) is 21.1. The summed E-state index contributed by atoms with van der Waals surface area (Å²) in [5.74, 6) is 0.746. The van der Waals surface area contributed by atoms with E-state index in [1.54, 1.807) is 6.07 Å². The van der Waals surface area contributed by atoms with Crippen molar-refractivity contribution in [2.24, 2.45) is 5.10 Å². The summed E-state index contributed by atoms with van der Waals surface area (Å²) in [6.07, 6.45) is 6.11. The van der Waals surface area contributed by atoms with Crippen LogP contribution in [0, 0.1) is 5.82 Å². The zero-order chi connectivity index (χ0) is 23.4. The summed E-state index contributed by atoms with van der Waals surface area (Å²) >= 11 is 0. The Labute approximate surface area is 206 Å². The highest BCUT2D eigenvalue weighted by atomic mass is 19.1. The van der Waals surface area contributed by atoms with E-state index in [1.807, 2.05) is 18.2 Å². The molecule has 1 aliphatic carbocycles. The van der Waals surface area contributed by atoms with Crippen LogP contribution in [0.4, 0.5) is 4.39 Å². The Morgan fingerprint density at radius 1 is 0.857 bits per heavy atom. The highest BCUT2D eigenvalue weighted by Gasteiger charge is 2.52. The van der Waals surface area contributed by atoms with Crippen molar-refractivity contribution in [1.82, 2.24) is 9.91 Å². The number of hydrazone groups is 1. The molecule has 0 bridgehead atoms. The van der Waals surface area contributed by atoms with Gasteiger partial charge in [-0.15, -0.1) is 0 Å². The number of rotatable bonds is 2. The first-order valence-electron chi connectivity index (χ1n) is 12.9. The van der Waals surface area contributed by atoms with Crippen LogP contribution in [0.1, 0.15) is 66.4 Å². The minimum Gasteiger partial charge on any atom is -0.466 e. The normalized spacial score (nSPS) is 24.8. The van der Waals surface area contributed by atoms with Gasteiger partial charge in [0.15, 0.2) is 0 Å². The van der Waals surface area contributed by atoms with Gasteiger partial charge < -0.3 is 4.74 Å². The van der Waals surface area contributed by atoms with Crippen LogP contribution in [0.2, 0.25) is 0 Å². The van der Waals surface area contributed by atoms with Crippen molar-refractivity contribution in [1.29, 1.82) is 0 Å². The summed E-state index contributed by atoms with van der Waals surface area (Å²) in [6, 6.07) is 24.8. The van der Waals surface area contributed by atoms with Gasteiger partial charge in [-0.3, -0.25) is 4.90 Å². The first-order valence-corrected chi connectivity index (χ1v) is 12.9. The largest absolute Gasteiger partial charge is 0.466 e. The van der Waals surface area contributed by atoms with Gasteiger partial charge in [0.05, 0.1) is 11.8 Å².